The average molecular weight is 466 g/mol. The zero-order valence-corrected chi connectivity index (χ0v) is 16.7. The smallest absolute Gasteiger partial charge is 0.341 e. The fourth-order valence-corrected chi connectivity index (χ4v) is 3.05. The molecule has 1 aliphatic heterocycles. The summed E-state index contributed by atoms with van der Waals surface area (Å²) in [7, 11) is 0. The Morgan fingerprint density at radius 2 is 1.93 bits per heavy atom. The second-order valence-electron chi connectivity index (χ2n) is 5.87. The van der Waals surface area contributed by atoms with Crippen molar-refractivity contribution in [1.82, 2.24) is 10.2 Å². The van der Waals surface area contributed by atoms with Crippen molar-refractivity contribution in [3.63, 3.8) is 0 Å². The third-order valence-electron chi connectivity index (χ3n) is 3.84. The van der Waals surface area contributed by atoms with Gasteiger partial charge < -0.3 is 15.2 Å². The van der Waals surface area contributed by atoms with Gasteiger partial charge in [0.05, 0.1) is 6.54 Å². The number of imide groups is 1. The highest BCUT2D eigenvalue weighted by molar-refractivity contribution is 9.10. The number of amides is 3. The molecular formula is C19H14BrClN2O5. The number of nitrogens with one attached hydrogen (secondary N) is 1. The number of carbonyl (C=O) groups excluding carboxylic acids is 2. The molecule has 3 rings (SSSR count). The van der Waals surface area contributed by atoms with Crippen LogP contribution in [0.15, 0.2) is 52.6 Å². The molecule has 28 heavy (non-hydrogen) atoms. The van der Waals surface area contributed by atoms with E-state index in [9.17, 15) is 14.4 Å². The highest BCUT2D eigenvalue weighted by Crippen LogP contribution is 2.27. The third kappa shape index (κ3) is 4.71. The highest BCUT2D eigenvalue weighted by Gasteiger charge is 2.33. The van der Waals surface area contributed by atoms with Crippen molar-refractivity contribution >= 4 is 51.5 Å². The van der Waals surface area contributed by atoms with Crippen LogP contribution in [0, 0.1) is 0 Å². The van der Waals surface area contributed by atoms with E-state index in [1.807, 2.05) is 0 Å². The van der Waals surface area contributed by atoms with Crippen LogP contribution in [0.5, 0.6) is 5.75 Å². The first-order chi connectivity index (χ1) is 13.3. The Balaban J connectivity index is 1.84. The Labute approximate surface area is 173 Å². The number of hydrogen-bond acceptors (Lipinski definition) is 4. The lowest BCUT2D eigenvalue weighted by Crippen LogP contribution is -2.30. The molecule has 0 aliphatic carbocycles. The van der Waals surface area contributed by atoms with E-state index >= 15 is 0 Å². The molecule has 9 heteroatoms. The predicted octanol–water partition coefficient (Wildman–Crippen LogP) is 3.66. The van der Waals surface area contributed by atoms with E-state index in [-0.39, 0.29) is 18.0 Å². The van der Waals surface area contributed by atoms with Crippen LogP contribution >= 0.6 is 27.5 Å². The quantitative estimate of drug-likeness (QED) is 0.501. The molecule has 0 bridgehead atoms. The molecule has 1 heterocycles. The largest absolute Gasteiger partial charge is 0.481 e. The van der Waals surface area contributed by atoms with Crippen LogP contribution in [0.4, 0.5) is 4.79 Å². The molecule has 7 nitrogen and oxygen atoms in total. The molecule has 1 fully saturated rings. The Hall–Kier alpha value is -2.84. The van der Waals surface area contributed by atoms with E-state index in [0.29, 0.717) is 15.1 Å². The van der Waals surface area contributed by atoms with Gasteiger partial charge >= 0.3 is 12.0 Å². The van der Waals surface area contributed by atoms with Crippen LogP contribution < -0.4 is 10.1 Å². The summed E-state index contributed by atoms with van der Waals surface area (Å²) in [6, 6.07) is 11.2. The van der Waals surface area contributed by atoms with Gasteiger partial charge in [0.25, 0.3) is 5.91 Å². The zero-order valence-electron chi connectivity index (χ0n) is 14.3. The van der Waals surface area contributed by atoms with Crippen molar-refractivity contribution in [3.05, 3.63) is 68.8 Å². The summed E-state index contributed by atoms with van der Waals surface area (Å²) in [5.74, 6) is -1.35. The Morgan fingerprint density at radius 3 is 2.61 bits per heavy atom. The van der Waals surface area contributed by atoms with Crippen LogP contribution in [0.1, 0.15) is 11.1 Å². The molecular weight excluding hydrogens is 452 g/mol. The van der Waals surface area contributed by atoms with Gasteiger partial charge in [0.15, 0.2) is 6.61 Å². The zero-order chi connectivity index (χ0) is 20.3. The van der Waals surface area contributed by atoms with Crippen molar-refractivity contribution in [2.45, 2.75) is 6.54 Å². The van der Waals surface area contributed by atoms with Gasteiger partial charge in [-0.15, -0.1) is 0 Å². The maximum atomic E-state index is 12.7. The van der Waals surface area contributed by atoms with E-state index in [1.54, 1.807) is 42.5 Å². The van der Waals surface area contributed by atoms with Crippen molar-refractivity contribution in [1.29, 1.82) is 0 Å². The molecule has 144 valence electrons. The third-order valence-corrected chi connectivity index (χ3v) is 4.58. The molecule has 2 aromatic rings. The molecule has 0 spiro atoms. The molecule has 1 saturated heterocycles. The second-order valence-corrected chi connectivity index (χ2v) is 7.22. The van der Waals surface area contributed by atoms with Gasteiger partial charge in [0.2, 0.25) is 0 Å². The molecule has 1 aliphatic rings. The van der Waals surface area contributed by atoms with Gasteiger partial charge in [0.1, 0.15) is 11.4 Å². The average Bonchev–Trinajstić information content (AvgIpc) is 2.90. The van der Waals surface area contributed by atoms with Crippen LogP contribution in [-0.4, -0.2) is 34.5 Å². The topological polar surface area (TPSA) is 95.9 Å². The maximum Gasteiger partial charge on any atom is 0.341 e. The minimum absolute atomic E-state index is 0.0669. The van der Waals surface area contributed by atoms with Crippen LogP contribution in [-0.2, 0) is 16.1 Å². The number of carboxylic acid groups (broad SMARTS) is 1. The highest BCUT2D eigenvalue weighted by atomic mass is 79.9. The number of rotatable bonds is 6. The maximum absolute atomic E-state index is 12.7. The van der Waals surface area contributed by atoms with Gasteiger partial charge in [-0.3, -0.25) is 9.69 Å². The monoisotopic (exact) mass is 464 g/mol. The van der Waals surface area contributed by atoms with Crippen LogP contribution in [0.25, 0.3) is 6.08 Å². The number of aliphatic carboxylic acids is 1. The van der Waals surface area contributed by atoms with Gasteiger partial charge in [-0.1, -0.05) is 39.7 Å². The number of hydrogen-bond donors (Lipinski definition) is 2. The van der Waals surface area contributed by atoms with Gasteiger partial charge in [0, 0.05) is 15.1 Å². The van der Waals surface area contributed by atoms with Gasteiger partial charge in [-0.2, -0.15) is 0 Å². The van der Waals surface area contributed by atoms with Crippen molar-refractivity contribution in [2.75, 3.05) is 6.61 Å². The number of nitrogens with zero attached hydrogens (tertiary/aromatic N) is 1. The molecule has 0 atom stereocenters. The summed E-state index contributed by atoms with van der Waals surface area (Å²) in [6.07, 6.45) is 1.45. The molecule has 3 amide bonds. The first-order valence-corrected chi connectivity index (χ1v) is 9.24. The van der Waals surface area contributed by atoms with Crippen LogP contribution in [0.3, 0.4) is 0 Å². The fraction of sp³-hybridized carbons (Fsp3) is 0.105. The van der Waals surface area contributed by atoms with E-state index in [1.165, 1.54) is 6.08 Å². The number of benzene rings is 2. The summed E-state index contributed by atoms with van der Waals surface area (Å²) >= 11 is 9.17. The minimum atomic E-state index is -1.12. The molecule has 0 radical (unpaired) electrons. The summed E-state index contributed by atoms with van der Waals surface area (Å²) in [6.45, 7) is -0.430. The van der Waals surface area contributed by atoms with E-state index in [4.69, 9.17) is 21.4 Å². The first kappa shape index (κ1) is 19.9. The molecule has 0 saturated carbocycles. The number of halogens is 2. The minimum Gasteiger partial charge on any atom is -0.481 e. The van der Waals surface area contributed by atoms with E-state index in [0.717, 1.165) is 10.5 Å². The van der Waals surface area contributed by atoms with Crippen molar-refractivity contribution in [3.8, 4) is 5.75 Å². The number of carboxylic acids is 1. The summed E-state index contributed by atoms with van der Waals surface area (Å²) in [5.41, 5.74) is 1.27. The predicted molar refractivity (Wildman–Crippen MR) is 106 cm³/mol. The van der Waals surface area contributed by atoms with E-state index < -0.39 is 24.5 Å². The molecule has 0 unspecified atom stereocenters. The summed E-state index contributed by atoms with van der Waals surface area (Å²) in [5, 5.41) is 11.9. The molecule has 2 aromatic carbocycles. The van der Waals surface area contributed by atoms with Crippen LogP contribution in [0.2, 0.25) is 5.02 Å². The lowest BCUT2D eigenvalue weighted by atomic mass is 10.1. The standard InChI is InChI=1S/C19H14BrClN2O5/c20-13-3-6-16(28-10-17(24)25)12(7-13)8-15-18(26)23(19(27)22-15)9-11-1-4-14(21)5-2-11/h1-8H,9-10H2,(H,22,27)(H,24,25). The summed E-state index contributed by atoms with van der Waals surface area (Å²) < 4.78 is 5.95. The first-order valence-electron chi connectivity index (χ1n) is 8.06. The Kier molecular flexibility index (Phi) is 6.01. The SMILES string of the molecule is O=C(O)COc1ccc(Br)cc1C=C1NC(=O)N(Cc2ccc(Cl)cc2)C1=O. The molecule has 2 N–H and O–H groups in total. The van der Waals surface area contributed by atoms with Crippen molar-refractivity contribution in [2.24, 2.45) is 0 Å². The number of carbonyl (C=O) groups is 3. The van der Waals surface area contributed by atoms with Crippen molar-refractivity contribution < 1.29 is 24.2 Å². The summed E-state index contributed by atoms with van der Waals surface area (Å²) in [4.78, 5) is 36.7. The lowest BCUT2D eigenvalue weighted by molar-refractivity contribution is -0.139. The Bertz CT molecular complexity index is 975. The van der Waals surface area contributed by atoms with Gasteiger partial charge in [-0.05, 0) is 42.0 Å². The number of ether oxygens (including phenoxy) is 1. The molecule has 0 aromatic heterocycles. The lowest BCUT2D eigenvalue weighted by Gasteiger charge is -2.11. The normalized spacial score (nSPS) is 15.1. The van der Waals surface area contributed by atoms with E-state index in [2.05, 4.69) is 21.2 Å². The van der Waals surface area contributed by atoms with Gasteiger partial charge in [-0.25, -0.2) is 9.59 Å². The second kappa shape index (κ2) is 8.45. The number of urea groups is 1. The Morgan fingerprint density at radius 1 is 1.21 bits per heavy atom. The fourth-order valence-electron chi connectivity index (χ4n) is 2.55.